The molecule has 1 aliphatic heterocycles. The van der Waals surface area contributed by atoms with Gasteiger partial charge in [-0.1, -0.05) is 67.6 Å². The number of hydrogen-bond acceptors (Lipinski definition) is 2. The van der Waals surface area contributed by atoms with Crippen molar-refractivity contribution in [1.82, 2.24) is 5.32 Å². The highest BCUT2D eigenvalue weighted by Gasteiger charge is 2.31. The third-order valence-electron chi connectivity index (χ3n) is 6.00. The van der Waals surface area contributed by atoms with E-state index >= 15 is 0 Å². The van der Waals surface area contributed by atoms with Crippen LogP contribution in [0.1, 0.15) is 53.2 Å². The molecule has 31 heavy (non-hydrogen) atoms. The van der Waals surface area contributed by atoms with Gasteiger partial charge in [-0.3, -0.25) is 9.59 Å². The molecule has 3 aromatic rings. The van der Waals surface area contributed by atoms with Gasteiger partial charge in [0.25, 0.3) is 5.91 Å². The first kappa shape index (κ1) is 20.9. The van der Waals surface area contributed by atoms with Gasteiger partial charge < -0.3 is 10.2 Å². The molecule has 0 aromatic heterocycles. The van der Waals surface area contributed by atoms with Gasteiger partial charge in [-0.2, -0.15) is 0 Å². The molecule has 4 heteroatoms. The Morgan fingerprint density at radius 2 is 1.68 bits per heavy atom. The van der Waals surface area contributed by atoms with E-state index in [0.29, 0.717) is 12.1 Å². The Morgan fingerprint density at radius 3 is 2.35 bits per heavy atom. The molecule has 0 radical (unpaired) electrons. The average molecular weight is 413 g/mol. The maximum Gasteiger partial charge on any atom is 0.258 e. The molecule has 2 atom stereocenters. The minimum atomic E-state index is -0.160. The maximum atomic E-state index is 13.1. The average Bonchev–Trinajstić information content (AvgIpc) is 3.14. The van der Waals surface area contributed by atoms with Crippen LogP contribution in [0, 0.1) is 0 Å². The zero-order chi connectivity index (χ0) is 21.8. The van der Waals surface area contributed by atoms with Crippen LogP contribution in [0.3, 0.4) is 0 Å². The Hall–Kier alpha value is -3.40. The third-order valence-corrected chi connectivity index (χ3v) is 6.00. The van der Waals surface area contributed by atoms with Gasteiger partial charge in [0.2, 0.25) is 5.91 Å². The Balaban J connectivity index is 1.50. The van der Waals surface area contributed by atoms with E-state index in [1.165, 1.54) is 5.56 Å². The van der Waals surface area contributed by atoms with Crippen molar-refractivity contribution in [3.63, 3.8) is 0 Å². The molecule has 1 N–H and O–H groups in total. The van der Waals surface area contributed by atoms with Crippen LogP contribution in [-0.2, 0) is 17.8 Å². The number of hydrogen-bond donors (Lipinski definition) is 1. The SMILES string of the molecule is CCC(C(=O)NCc1ccc2c(c1)N(C(=O)c1ccccc1)C(C)C2)c1ccccc1. The fourth-order valence-electron chi connectivity index (χ4n) is 4.36. The molecule has 2 amide bonds. The summed E-state index contributed by atoms with van der Waals surface area (Å²) in [7, 11) is 0. The van der Waals surface area contributed by atoms with Crippen LogP contribution in [-0.4, -0.2) is 17.9 Å². The van der Waals surface area contributed by atoms with E-state index in [9.17, 15) is 9.59 Å². The van der Waals surface area contributed by atoms with E-state index in [0.717, 1.165) is 29.7 Å². The normalized spacial score (nSPS) is 15.9. The number of nitrogens with zero attached hydrogens (tertiary/aromatic N) is 1. The summed E-state index contributed by atoms with van der Waals surface area (Å²) in [5.74, 6) is -0.116. The summed E-state index contributed by atoms with van der Waals surface area (Å²) >= 11 is 0. The van der Waals surface area contributed by atoms with Crippen molar-refractivity contribution in [2.24, 2.45) is 0 Å². The molecule has 4 rings (SSSR count). The zero-order valence-corrected chi connectivity index (χ0v) is 18.0. The van der Waals surface area contributed by atoms with Crippen molar-refractivity contribution in [2.75, 3.05) is 4.90 Å². The van der Waals surface area contributed by atoms with Gasteiger partial charge in [-0.25, -0.2) is 0 Å². The number of fused-ring (bicyclic) bond motifs is 1. The first-order valence-corrected chi connectivity index (χ1v) is 10.9. The Bertz CT molecular complexity index is 1060. The van der Waals surface area contributed by atoms with Crippen molar-refractivity contribution in [3.8, 4) is 0 Å². The lowest BCUT2D eigenvalue weighted by molar-refractivity contribution is -0.122. The van der Waals surface area contributed by atoms with Crippen LogP contribution in [0.25, 0.3) is 0 Å². The summed E-state index contributed by atoms with van der Waals surface area (Å²) in [6.45, 7) is 4.55. The molecule has 3 aromatic carbocycles. The van der Waals surface area contributed by atoms with Gasteiger partial charge in [-0.05, 0) is 54.7 Å². The molecule has 1 aliphatic rings. The molecule has 0 bridgehead atoms. The monoisotopic (exact) mass is 412 g/mol. The number of nitrogens with one attached hydrogen (secondary N) is 1. The van der Waals surface area contributed by atoms with Gasteiger partial charge in [0.1, 0.15) is 0 Å². The molecule has 1 heterocycles. The summed E-state index contributed by atoms with van der Waals surface area (Å²) < 4.78 is 0. The molecule has 0 spiro atoms. The molecule has 0 fully saturated rings. The molecule has 2 unspecified atom stereocenters. The van der Waals surface area contributed by atoms with Crippen molar-refractivity contribution in [3.05, 3.63) is 101 Å². The number of carbonyl (C=O) groups is 2. The summed E-state index contributed by atoms with van der Waals surface area (Å²) in [5, 5.41) is 3.08. The van der Waals surface area contributed by atoms with Crippen LogP contribution in [0.15, 0.2) is 78.9 Å². The number of anilines is 1. The standard InChI is InChI=1S/C27H28N2O2/c1-3-24(21-10-6-4-7-11-21)26(30)28-18-20-14-15-23-16-19(2)29(25(23)17-20)27(31)22-12-8-5-9-13-22/h4-15,17,19,24H,3,16,18H2,1-2H3,(H,28,30). The highest BCUT2D eigenvalue weighted by molar-refractivity contribution is 6.07. The van der Waals surface area contributed by atoms with E-state index in [4.69, 9.17) is 0 Å². The van der Waals surface area contributed by atoms with E-state index in [1.807, 2.05) is 84.6 Å². The second-order valence-electron chi connectivity index (χ2n) is 8.15. The van der Waals surface area contributed by atoms with Gasteiger partial charge in [-0.15, -0.1) is 0 Å². The van der Waals surface area contributed by atoms with Crippen molar-refractivity contribution in [1.29, 1.82) is 0 Å². The van der Waals surface area contributed by atoms with Gasteiger partial charge >= 0.3 is 0 Å². The number of benzene rings is 3. The molecule has 0 saturated heterocycles. The van der Waals surface area contributed by atoms with E-state index in [-0.39, 0.29) is 23.8 Å². The lowest BCUT2D eigenvalue weighted by Gasteiger charge is -2.23. The highest BCUT2D eigenvalue weighted by Crippen LogP contribution is 2.34. The number of amides is 2. The fraction of sp³-hybridized carbons (Fsp3) is 0.259. The quantitative estimate of drug-likeness (QED) is 0.613. The lowest BCUT2D eigenvalue weighted by atomic mass is 9.95. The Kier molecular flexibility index (Phi) is 6.17. The predicted molar refractivity (Wildman–Crippen MR) is 124 cm³/mol. The van der Waals surface area contributed by atoms with Crippen LogP contribution in [0.4, 0.5) is 5.69 Å². The largest absolute Gasteiger partial charge is 0.351 e. The van der Waals surface area contributed by atoms with Crippen molar-refractivity contribution < 1.29 is 9.59 Å². The highest BCUT2D eigenvalue weighted by atomic mass is 16.2. The summed E-state index contributed by atoms with van der Waals surface area (Å²) in [6.07, 6.45) is 1.59. The van der Waals surface area contributed by atoms with Crippen LogP contribution in [0.2, 0.25) is 0 Å². The molecule has 0 aliphatic carbocycles. The van der Waals surface area contributed by atoms with Crippen LogP contribution in [0.5, 0.6) is 0 Å². The first-order chi connectivity index (χ1) is 15.1. The van der Waals surface area contributed by atoms with Crippen molar-refractivity contribution in [2.45, 2.75) is 45.2 Å². The lowest BCUT2D eigenvalue weighted by Crippen LogP contribution is -2.35. The predicted octanol–water partition coefficient (Wildman–Crippen LogP) is 5.09. The minimum Gasteiger partial charge on any atom is -0.351 e. The Morgan fingerprint density at radius 1 is 1.00 bits per heavy atom. The van der Waals surface area contributed by atoms with Gasteiger partial charge in [0.15, 0.2) is 0 Å². The van der Waals surface area contributed by atoms with Crippen molar-refractivity contribution >= 4 is 17.5 Å². The van der Waals surface area contributed by atoms with E-state index in [1.54, 1.807) is 0 Å². The molecular formula is C27H28N2O2. The molecule has 158 valence electrons. The third kappa shape index (κ3) is 4.38. The fourth-order valence-corrected chi connectivity index (χ4v) is 4.36. The minimum absolute atomic E-state index is 0.0168. The van der Waals surface area contributed by atoms with Gasteiger partial charge in [0, 0.05) is 23.8 Å². The van der Waals surface area contributed by atoms with Crippen LogP contribution >= 0.6 is 0 Å². The first-order valence-electron chi connectivity index (χ1n) is 10.9. The van der Waals surface area contributed by atoms with Crippen LogP contribution < -0.4 is 10.2 Å². The summed E-state index contributed by atoms with van der Waals surface area (Å²) in [5.41, 5.74) is 4.83. The van der Waals surface area contributed by atoms with E-state index < -0.39 is 0 Å². The van der Waals surface area contributed by atoms with E-state index in [2.05, 4.69) is 18.3 Å². The number of rotatable bonds is 6. The topological polar surface area (TPSA) is 49.4 Å². The Labute approximate surface area is 183 Å². The molecular weight excluding hydrogens is 384 g/mol. The second kappa shape index (κ2) is 9.17. The summed E-state index contributed by atoms with van der Waals surface area (Å²) in [6, 6.07) is 25.6. The van der Waals surface area contributed by atoms with Gasteiger partial charge in [0.05, 0.1) is 5.92 Å². The molecule has 0 saturated carbocycles. The molecule has 4 nitrogen and oxygen atoms in total. The zero-order valence-electron chi connectivity index (χ0n) is 18.0. The number of carbonyl (C=O) groups excluding carboxylic acids is 2. The smallest absolute Gasteiger partial charge is 0.258 e. The maximum absolute atomic E-state index is 13.1. The second-order valence-corrected chi connectivity index (χ2v) is 8.15. The summed E-state index contributed by atoms with van der Waals surface area (Å²) in [4.78, 5) is 27.8.